The lowest BCUT2D eigenvalue weighted by Gasteiger charge is -2.11. The zero-order chi connectivity index (χ0) is 19.0. The maximum Gasteiger partial charge on any atom is 0.251 e. The van der Waals surface area contributed by atoms with Gasteiger partial charge in [-0.3, -0.25) is 9.78 Å². The number of aromatic nitrogens is 1. The number of sulfonamides is 1. The van der Waals surface area contributed by atoms with Crippen LogP contribution in [-0.2, 0) is 16.6 Å². The predicted octanol–water partition coefficient (Wildman–Crippen LogP) is 1.24. The van der Waals surface area contributed by atoms with Crippen molar-refractivity contribution in [3.8, 4) is 0 Å². The Balaban J connectivity index is 1.91. The topological polar surface area (TPSA) is 91.4 Å². The number of amides is 1. The molecule has 0 unspecified atom stereocenters. The summed E-state index contributed by atoms with van der Waals surface area (Å²) in [7, 11) is 0.310. The molecule has 1 aromatic heterocycles. The summed E-state index contributed by atoms with van der Waals surface area (Å²) in [5.74, 6) is -0.267. The van der Waals surface area contributed by atoms with E-state index in [9.17, 15) is 13.2 Å². The molecule has 0 fully saturated rings. The number of hydrogen-bond acceptors (Lipinski definition) is 5. The highest BCUT2D eigenvalue weighted by Gasteiger charge is 2.14. The number of rotatable bonds is 9. The Morgan fingerprint density at radius 2 is 1.88 bits per heavy atom. The first-order valence-electron chi connectivity index (χ1n) is 8.30. The van der Waals surface area contributed by atoms with Crippen LogP contribution in [0.1, 0.15) is 22.3 Å². The summed E-state index contributed by atoms with van der Waals surface area (Å²) in [6.07, 6.45) is 4.07. The van der Waals surface area contributed by atoms with Crippen molar-refractivity contribution in [1.29, 1.82) is 0 Å². The van der Waals surface area contributed by atoms with Crippen molar-refractivity contribution in [2.75, 3.05) is 27.2 Å². The standard InChI is InChI=1S/C18H24N4O3S/c1-22(2)12-4-11-21-26(24,25)17-8-6-16(7-9-17)18(23)20-14-15-5-3-10-19-13-15/h3,5-10,13,21H,4,11-12,14H2,1-2H3,(H,20,23). The number of nitrogens with one attached hydrogen (secondary N) is 2. The highest BCUT2D eigenvalue weighted by molar-refractivity contribution is 7.89. The average molecular weight is 376 g/mol. The van der Waals surface area contributed by atoms with Gasteiger partial charge in [-0.05, 0) is 63.0 Å². The molecule has 2 N–H and O–H groups in total. The predicted molar refractivity (Wildman–Crippen MR) is 100 cm³/mol. The fourth-order valence-corrected chi connectivity index (χ4v) is 3.33. The van der Waals surface area contributed by atoms with Crippen molar-refractivity contribution in [2.24, 2.45) is 0 Å². The van der Waals surface area contributed by atoms with Gasteiger partial charge < -0.3 is 10.2 Å². The van der Waals surface area contributed by atoms with Gasteiger partial charge in [0.2, 0.25) is 10.0 Å². The maximum absolute atomic E-state index is 12.2. The molecule has 1 heterocycles. The van der Waals surface area contributed by atoms with Gasteiger partial charge in [-0.2, -0.15) is 0 Å². The van der Waals surface area contributed by atoms with Gasteiger partial charge in [-0.1, -0.05) is 6.07 Å². The molecule has 0 radical (unpaired) electrons. The minimum absolute atomic E-state index is 0.145. The Kier molecular flexibility index (Phi) is 7.26. The van der Waals surface area contributed by atoms with E-state index in [0.717, 1.165) is 18.5 Å². The molecule has 0 atom stereocenters. The van der Waals surface area contributed by atoms with Crippen molar-refractivity contribution < 1.29 is 13.2 Å². The van der Waals surface area contributed by atoms with Gasteiger partial charge >= 0.3 is 0 Å². The quantitative estimate of drug-likeness (QED) is 0.643. The van der Waals surface area contributed by atoms with Crippen LogP contribution in [0, 0.1) is 0 Å². The minimum atomic E-state index is -3.56. The molecule has 140 valence electrons. The second-order valence-electron chi connectivity index (χ2n) is 6.12. The lowest BCUT2D eigenvalue weighted by Crippen LogP contribution is -2.27. The number of benzene rings is 1. The normalized spacial score (nSPS) is 11.5. The van der Waals surface area contributed by atoms with Crippen LogP contribution >= 0.6 is 0 Å². The average Bonchev–Trinajstić information content (AvgIpc) is 2.64. The van der Waals surface area contributed by atoms with E-state index in [2.05, 4.69) is 15.0 Å². The maximum atomic E-state index is 12.2. The molecule has 0 saturated heterocycles. The molecule has 0 saturated carbocycles. The molecule has 0 aliphatic carbocycles. The Hall–Kier alpha value is -2.29. The first-order chi connectivity index (χ1) is 12.4. The van der Waals surface area contributed by atoms with Gasteiger partial charge in [0, 0.05) is 31.0 Å². The number of carbonyl (C=O) groups is 1. The van der Waals surface area contributed by atoms with Gasteiger partial charge in [-0.25, -0.2) is 13.1 Å². The molecule has 8 heteroatoms. The zero-order valence-electron chi connectivity index (χ0n) is 15.0. The van der Waals surface area contributed by atoms with Crippen LogP contribution in [0.25, 0.3) is 0 Å². The molecule has 0 spiro atoms. The third kappa shape index (κ3) is 6.21. The van der Waals surface area contributed by atoms with E-state index in [1.165, 1.54) is 24.3 Å². The van der Waals surface area contributed by atoms with Crippen molar-refractivity contribution in [3.63, 3.8) is 0 Å². The number of carbonyl (C=O) groups excluding carboxylic acids is 1. The lowest BCUT2D eigenvalue weighted by atomic mass is 10.2. The summed E-state index contributed by atoms with van der Waals surface area (Å²) in [5.41, 5.74) is 1.29. The van der Waals surface area contributed by atoms with E-state index in [0.29, 0.717) is 18.7 Å². The first-order valence-corrected chi connectivity index (χ1v) is 9.78. The van der Waals surface area contributed by atoms with Crippen LogP contribution in [0.3, 0.4) is 0 Å². The molecule has 0 bridgehead atoms. The Morgan fingerprint density at radius 3 is 2.50 bits per heavy atom. The summed E-state index contributed by atoms with van der Waals surface area (Å²) in [6.45, 7) is 1.53. The molecule has 2 rings (SSSR count). The van der Waals surface area contributed by atoms with Crippen LogP contribution in [0.4, 0.5) is 0 Å². The largest absolute Gasteiger partial charge is 0.348 e. The van der Waals surface area contributed by atoms with Crippen LogP contribution in [0.15, 0.2) is 53.7 Å². The molecular weight excluding hydrogens is 352 g/mol. The molecular formula is C18H24N4O3S. The monoisotopic (exact) mass is 376 g/mol. The molecule has 0 aliphatic heterocycles. The van der Waals surface area contributed by atoms with E-state index in [1.807, 2.05) is 25.1 Å². The fourth-order valence-electron chi connectivity index (χ4n) is 2.26. The molecule has 26 heavy (non-hydrogen) atoms. The van der Waals surface area contributed by atoms with Crippen LogP contribution in [0.2, 0.25) is 0 Å². The molecule has 7 nitrogen and oxygen atoms in total. The van der Waals surface area contributed by atoms with Crippen LogP contribution in [0.5, 0.6) is 0 Å². The smallest absolute Gasteiger partial charge is 0.251 e. The Bertz CT molecular complexity index is 806. The second-order valence-corrected chi connectivity index (χ2v) is 7.89. The summed E-state index contributed by atoms with van der Waals surface area (Å²) in [5, 5.41) is 2.78. The van der Waals surface area contributed by atoms with Crippen molar-refractivity contribution >= 4 is 15.9 Å². The molecule has 1 amide bonds. The van der Waals surface area contributed by atoms with Gasteiger partial charge in [-0.15, -0.1) is 0 Å². The third-order valence-electron chi connectivity index (χ3n) is 3.68. The molecule has 2 aromatic rings. The van der Waals surface area contributed by atoms with E-state index < -0.39 is 10.0 Å². The lowest BCUT2D eigenvalue weighted by molar-refractivity contribution is 0.0951. The van der Waals surface area contributed by atoms with E-state index >= 15 is 0 Å². The first kappa shape index (κ1) is 20.0. The van der Waals surface area contributed by atoms with Crippen LogP contribution < -0.4 is 10.0 Å². The summed E-state index contributed by atoms with van der Waals surface area (Å²) in [6, 6.07) is 9.55. The van der Waals surface area contributed by atoms with E-state index in [-0.39, 0.29) is 10.8 Å². The minimum Gasteiger partial charge on any atom is -0.348 e. The SMILES string of the molecule is CN(C)CCCNS(=O)(=O)c1ccc(C(=O)NCc2cccnc2)cc1. The Morgan fingerprint density at radius 1 is 1.15 bits per heavy atom. The van der Waals surface area contributed by atoms with Gasteiger partial charge in [0.25, 0.3) is 5.91 Å². The van der Waals surface area contributed by atoms with Gasteiger partial charge in [0.15, 0.2) is 0 Å². The second kappa shape index (κ2) is 9.42. The van der Waals surface area contributed by atoms with Crippen LogP contribution in [-0.4, -0.2) is 51.4 Å². The number of hydrogen-bond donors (Lipinski definition) is 2. The summed E-state index contributed by atoms with van der Waals surface area (Å²) >= 11 is 0. The van der Waals surface area contributed by atoms with E-state index in [1.54, 1.807) is 18.5 Å². The summed E-state index contributed by atoms with van der Waals surface area (Å²) in [4.78, 5) is 18.3. The third-order valence-corrected chi connectivity index (χ3v) is 5.15. The highest BCUT2D eigenvalue weighted by Crippen LogP contribution is 2.11. The van der Waals surface area contributed by atoms with Gasteiger partial charge in [0.1, 0.15) is 0 Å². The van der Waals surface area contributed by atoms with Gasteiger partial charge in [0.05, 0.1) is 4.90 Å². The fraction of sp³-hybridized carbons (Fsp3) is 0.333. The molecule has 1 aromatic carbocycles. The van der Waals surface area contributed by atoms with E-state index in [4.69, 9.17) is 0 Å². The summed E-state index contributed by atoms with van der Waals surface area (Å²) < 4.78 is 27.0. The van der Waals surface area contributed by atoms with Crippen molar-refractivity contribution in [3.05, 3.63) is 59.9 Å². The highest BCUT2D eigenvalue weighted by atomic mass is 32.2. The number of nitrogens with zero attached hydrogens (tertiary/aromatic N) is 2. The molecule has 0 aliphatic rings. The van der Waals surface area contributed by atoms with Crippen molar-refractivity contribution in [1.82, 2.24) is 19.9 Å². The van der Waals surface area contributed by atoms with Crippen molar-refractivity contribution in [2.45, 2.75) is 17.9 Å². The number of pyridine rings is 1. The zero-order valence-corrected chi connectivity index (χ0v) is 15.8. The Labute approximate surface area is 154 Å².